The second-order valence-corrected chi connectivity index (χ2v) is 7.17. The highest BCUT2D eigenvalue weighted by Crippen LogP contribution is 2.26. The lowest BCUT2D eigenvalue weighted by Crippen LogP contribution is -2.44. The van der Waals surface area contributed by atoms with Crippen molar-refractivity contribution in [3.8, 4) is 0 Å². The average molecular weight is 320 g/mol. The molecule has 1 N–H and O–H groups in total. The number of hydrogen-bond acceptors (Lipinski definition) is 2. The van der Waals surface area contributed by atoms with Crippen LogP contribution in [0.3, 0.4) is 0 Å². The fourth-order valence-corrected chi connectivity index (χ4v) is 3.44. The predicted octanol–water partition coefficient (Wildman–Crippen LogP) is 3.50. The number of carbonyl (C=O) groups is 1. The first kappa shape index (κ1) is 17.8. The molecule has 1 aliphatic carbocycles. The first-order valence-electron chi connectivity index (χ1n) is 8.98. The van der Waals surface area contributed by atoms with Gasteiger partial charge in [-0.15, -0.1) is 0 Å². The molecule has 1 aromatic heterocycles. The molecule has 130 valence electrons. The minimum absolute atomic E-state index is 0.0230. The number of nitrogens with one attached hydrogen (secondary N) is 1. The zero-order valence-electron chi connectivity index (χ0n) is 15.1. The van der Waals surface area contributed by atoms with Gasteiger partial charge in [0, 0.05) is 25.3 Å². The second-order valence-electron chi connectivity index (χ2n) is 7.17. The van der Waals surface area contributed by atoms with Gasteiger partial charge >= 0.3 is 6.03 Å². The number of nitrogens with zero attached hydrogens (tertiary/aromatic N) is 3. The third kappa shape index (κ3) is 5.56. The number of aromatic nitrogens is 2. The molecule has 5 nitrogen and oxygen atoms in total. The van der Waals surface area contributed by atoms with Crippen LogP contribution in [0.4, 0.5) is 4.79 Å². The molecule has 1 heterocycles. The van der Waals surface area contributed by atoms with Gasteiger partial charge in [0.1, 0.15) is 0 Å². The molecule has 1 fully saturated rings. The number of urea groups is 1. The second kappa shape index (κ2) is 8.37. The fraction of sp³-hybridized carbons (Fsp3) is 0.778. The Morgan fingerprint density at radius 1 is 1.39 bits per heavy atom. The zero-order chi connectivity index (χ0) is 16.8. The van der Waals surface area contributed by atoms with Crippen molar-refractivity contribution in [3.63, 3.8) is 0 Å². The zero-order valence-corrected chi connectivity index (χ0v) is 15.1. The summed E-state index contributed by atoms with van der Waals surface area (Å²) in [6.45, 7) is 7.63. The van der Waals surface area contributed by atoms with Crippen LogP contribution < -0.4 is 5.32 Å². The van der Waals surface area contributed by atoms with E-state index in [9.17, 15) is 4.79 Å². The number of hydrogen-bond donors (Lipinski definition) is 1. The summed E-state index contributed by atoms with van der Waals surface area (Å²) in [5, 5.41) is 7.53. The van der Waals surface area contributed by atoms with Gasteiger partial charge in [-0.05, 0) is 39.2 Å². The highest BCUT2D eigenvalue weighted by atomic mass is 16.2. The normalized spacial score (nSPS) is 17.0. The lowest BCUT2D eigenvalue weighted by atomic mass is 9.87. The Morgan fingerprint density at radius 3 is 2.70 bits per heavy atom. The van der Waals surface area contributed by atoms with E-state index in [1.807, 2.05) is 37.4 Å². The maximum absolute atomic E-state index is 12.3. The lowest BCUT2D eigenvalue weighted by Gasteiger charge is -2.26. The van der Waals surface area contributed by atoms with Gasteiger partial charge in [-0.1, -0.05) is 32.1 Å². The number of rotatable bonds is 6. The summed E-state index contributed by atoms with van der Waals surface area (Å²) in [6, 6.07) is 2.15. The van der Waals surface area contributed by atoms with Crippen LogP contribution in [-0.2, 0) is 6.54 Å². The maximum atomic E-state index is 12.3. The number of aryl methyl sites for hydroxylation is 2. The summed E-state index contributed by atoms with van der Waals surface area (Å²) >= 11 is 0. The molecule has 0 unspecified atom stereocenters. The molecular weight excluding hydrogens is 288 g/mol. The third-order valence-corrected chi connectivity index (χ3v) is 4.86. The molecule has 1 aliphatic rings. The smallest absolute Gasteiger partial charge is 0.317 e. The molecule has 2 amide bonds. The molecule has 23 heavy (non-hydrogen) atoms. The fourth-order valence-electron chi connectivity index (χ4n) is 3.44. The van der Waals surface area contributed by atoms with Crippen molar-refractivity contribution in [1.29, 1.82) is 0 Å². The van der Waals surface area contributed by atoms with Crippen molar-refractivity contribution in [3.05, 3.63) is 17.5 Å². The van der Waals surface area contributed by atoms with Crippen LogP contribution in [0.15, 0.2) is 6.07 Å². The van der Waals surface area contributed by atoms with E-state index in [4.69, 9.17) is 0 Å². The van der Waals surface area contributed by atoms with Crippen LogP contribution >= 0.6 is 0 Å². The molecule has 2 rings (SSSR count). The van der Waals surface area contributed by atoms with Gasteiger partial charge in [0.15, 0.2) is 0 Å². The molecule has 0 bridgehead atoms. The van der Waals surface area contributed by atoms with Gasteiger partial charge in [0.05, 0.1) is 12.2 Å². The molecule has 0 aliphatic heterocycles. The number of amides is 2. The van der Waals surface area contributed by atoms with Crippen molar-refractivity contribution in [2.45, 2.75) is 71.9 Å². The Bertz CT molecular complexity index is 505. The summed E-state index contributed by atoms with van der Waals surface area (Å²) < 4.78 is 1.96. The standard InChI is InChI=1S/C18H32N4O/c1-14-12-16(3)22(20-14)13-15(2)19-18(23)21(4)11-10-17-8-6-5-7-9-17/h12,15,17H,5-11,13H2,1-4H3,(H,19,23)/t15-/m1/s1. The first-order valence-corrected chi connectivity index (χ1v) is 8.98. The quantitative estimate of drug-likeness (QED) is 0.872. The van der Waals surface area contributed by atoms with Crippen LogP contribution in [-0.4, -0.2) is 40.3 Å². The molecule has 0 aromatic carbocycles. The Labute approximate surface area is 140 Å². The van der Waals surface area contributed by atoms with E-state index in [2.05, 4.69) is 16.5 Å². The molecule has 0 radical (unpaired) electrons. The lowest BCUT2D eigenvalue weighted by molar-refractivity contribution is 0.197. The largest absolute Gasteiger partial charge is 0.334 e. The number of carbonyl (C=O) groups excluding carboxylic acids is 1. The van der Waals surface area contributed by atoms with Crippen molar-refractivity contribution in [1.82, 2.24) is 20.0 Å². The van der Waals surface area contributed by atoms with E-state index in [0.717, 1.165) is 30.3 Å². The van der Waals surface area contributed by atoms with Gasteiger partial charge < -0.3 is 10.2 Å². The molecule has 0 saturated heterocycles. The third-order valence-electron chi connectivity index (χ3n) is 4.86. The van der Waals surface area contributed by atoms with E-state index in [1.54, 1.807) is 0 Å². The van der Waals surface area contributed by atoms with Gasteiger partial charge in [-0.25, -0.2) is 4.79 Å². The van der Waals surface area contributed by atoms with Crippen molar-refractivity contribution in [2.24, 2.45) is 5.92 Å². The van der Waals surface area contributed by atoms with Gasteiger partial charge in [-0.3, -0.25) is 4.68 Å². The van der Waals surface area contributed by atoms with Crippen molar-refractivity contribution in [2.75, 3.05) is 13.6 Å². The molecule has 1 atom stereocenters. The van der Waals surface area contributed by atoms with Crippen LogP contribution in [0, 0.1) is 19.8 Å². The minimum atomic E-state index is 0.0230. The van der Waals surface area contributed by atoms with Crippen LogP contribution in [0.25, 0.3) is 0 Å². The van der Waals surface area contributed by atoms with E-state index in [1.165, 1.54) is 32.1 Å². The van der Waals surface area contributed by atoms with Gasteiger partial charge in [0.25, 0.3) is 0 Å². The van der Waals surface area contributed by atoms with Crippen LogP contribution in [0.1, 0.15) is 56.8 Å². The monoisotopic (exact) mass is 320 g/mol. The van der Waals surface area contributed by atoms with Gasteiger partial charge in [-0.2, -0.15) is 5.10 Å². The molecule has 1 aromatic rings. The van der Waals surface area contributed by atoms with E-state index in [0.29, 0.717) is 6.54 Å². The van der Waals surface area contributed by atoms with E-state index >= 15 is 0 Å². The van der Waals surface area contributed by atoms with Crippen molar-refractivity contribution < 1.29 is 4.79 Å². The average Bonchev–Trinajstić information content (AvgIpc) is 2.83. The molecular formula is C18H32N4O. The first-order chi connectivity index (χ1) is 11.0. The minimum Gasteiger partial charge on any atom is -0.334 e. The highest BCUT2D eigenvalue weighted by Gasteiger charge is 2.17. The molecule has 1 saturated carbocycles. The Morgan fingerprint density at radius 2 is 2.09 bits per heavy atom. The Hall–Kier alpha value is -1.52. The van der Waals surface area contributed by atoms with Crippen molar-refractivity contribution >= 4 is 6.03 Å². The highest BCUT2D eigenvalue weighted by molar-refractivity contribution is 5.74. The van der Waals surface area contributed by atoms with E-state index in [-0.39, 0.29) is 12.1 Å². The Kier molecular flexibility index (Phi) is 6.48. The van der Waals surface area contributed by atoms with Crippen LogP contribution in [0.2, 0.25) is 0 Å². The van der Waals surface area contributed by atoms with Gasteiger partial charge in [0.2, 0.25) is 0 Å². The Balaban J connectivity index is 1.72. The summed E-state index contributed by atoms with van der Waals surface area (Å²) in [4.78, 5) is 14.1. The SMILES string of the molecule is Cc1cc(C)n(C[C@@H](C)NC(=O)N(C)CCC2CCCCC2)n1. The maximum Gasteiger partial charge on any atom is 0.317 e. The van der Waals surface area contributed by atoms with E-state index < -0.39 is 0 Å². The van der Waals surface area contributed by atoms with Crippen LogP contribution in [0.5, 0.6) is 0 Å². The summed E-state index contributed by atoms with van der Waals surface area (Å²) in [5.41, 5.74) is 2.15. The predicted molar refractivity (Wildman–Crippen MR) is 93.5 cm³/mol. The molecule has 5 heteroatoms. The topological polar surface area (TPSA) is 50.2 Å². The molecule has 0 spiro atoms. The summed E-state index contributed by atoms with van der Waals surface area (Å²) in [5.74, 6) is 0.811. The summed E-state index contributed by atoms with van der Waals surface area (Å²) in [6.07, 6.45) is 7.92. The summed E-state index contributed by atoms with van der Waals surface area (Å²) in [7, 11) is 1.90.